The largest absolute Gasteiger partial charge is 0.396 e. The molecule has 2 nitrogen and oxygen atoms in total. The predicted molar refractivity (Wildman–Crippen MR) is 73.4 cm³/mol. The molecule has 1 aromatic heterocycles. The summed E-state index contributed by atoms with van der Waals surface area (Å²) in [5, 5.41) is 13.2. The molecule has 1 saturated carbocycles. The molecule has 1 heterocycles. The second-order valence-corrected chi connectivity index (χ2v) is 6.91. The summed E-state index contributed by atoms with van der Waals surface area (Å²) in [7, 11) is 0. The van der Waals surface area contributed by atoms with Gasteiger partial charge in [0.05, 0.1) is 0 Å². The quantitative estimate of drug-likeness (QED) is 0.863. The lowest BCUT2D eigenvalue weighted by molar-refractivity contribution is 0.114. The molecule has 0 saturated heterocycles. The minimum Gasteiger partial charge on any atom is -0.396 e. The molecule has 0 aliphatic heterocycles. The summed E-state index contributed by atoms with van der Waals surface area (Å²) in [4.78, 5) is 2.76. The van der Waals surface area contributed by atoms with Crippen LogP contribution in [-0.4, -0.2) is 17.8 Å². The summed E-state index contributed by atoms with van der Waals surface area (Å²) in [6.45, 7) is 6.86. The van der Waals surface area contributed by atoms with Crippen molar-refractivity contribution < 1.29 is 5.11 Å². The van der Waals surface area contributed by atoms with Crippen LogP contribution in [0.1, 0.15) is 48.9 Å². The van der Waals surface area contributed by atoms with Crippen molar-refractivity contribution in [1.29, 1.82) is 0 Å². The Labute approximate surface area is 108 Å². The molecule has 2 N–H and O–H groups in total. The first-order valence-electron chi connectivity index (χ1n) is 6.48. The van der Waals surface area contributed by atoms with Gasteiger partial charge in [-0.05, 0) is 38.8 Å². The summed E-state index contributed by atoms with van der Waals surface area (Å²) in [6.07, 6.45) is 3.55. The van der Waals surface area contributed by atoms with Gasteiger partial charge in [-0.15, -0.1) is 11.3 Å². The Morgan fingerprint density at radius 2 is 2.35 bits per heavy atom. The van der Waals surface area contributed by atoms with Gasteiger partial charge in [0, 0.05) is 33.9 Å². The average molecular weight is 253 g/mol. The Kier molecular flexibility index (Phi) is 3.91. The Hall–Kier alpha value is -0.380. The Balaban J connectivity index is 2.01. The lowest BCUT2D eigenvalue weighted by Gasteiger charge is -2.32. The highest BCUT2D eigenvalue weighted by atomic mass is 32.1. The van der Waals surface area contributed by atoms with Gasteiger partial charge in [0.1, 0.15) is 0 Å². The summed E-state index contributed by atoms with van der Waals surface area (Å²) < 4.78 is 0. The fraction of sp³-hybridized carbons (Fsp3) is 0.714. The number of nitrogens with one attached hydrogen (secondary N) is 1. The number of hydrogen-bond acceptors (Lipinski definition) is 3. The van der Waals surface area contributed by atoms with Crippen molar-refractivity contribution in [3.05, 3.63) is 21.9 Å². The molecule has 1 aliphatic rings. The zero-order chi connectivity index (χ0) is 12.5. The maximum atomic E-state index is 9.55. The third-order valence-corrected chi connectivity index (χ3v) is 5.27. The van der Waals surface area contributed by atoms with Crippen LogP contribution in [0.4, 0.5) is 0 Å². The van der Waals surface area contributed by atoms with E-state index in [1.807, 2.05) is 11.3 Å². The molecule has 3 unspecified atom stereocenters. The molecular weight excluding hydrogens is 230 g/mol. The van der Waals surface area contributed by atoms with Gasteiger partial charge in [-0.3, -0.25) is 0 Å². The van der Waals surface area contributed by atoms with E-state index in [1.54, 1.807) is 0 Å². The van der Waals surface area contributed by atoms with E-state index in [0.29, 0.717) is 18.7 Å². The van der Waals surface area contributed by atoms with Gasteiger partial charge in [-0.25, -0.2) is 0 Å². The third-order valence-electron chi connectivity index (χ3n) is 4.08. The zero-order valence-electron chi connectivity index (χ0n) is 11.0. The molecule has 3 atom stereocenters. The van der Waals surface area contributed by atoms with Gasteiger partial charge in [0.25, 0.3) is 0 Å². The van der Waals surface area contributed by atoms with Crippen LogP contribution in [-0.2, 0) is 0 Å². The predicted octanol–water partition coefficient (Wildman–Crippen LogP) is 3.26. The molecule has 3 heteroatoms. The summed E-state index contributed by atoms with van der Waals surface area (Å²) in [6, 6.07) is 5.23. The standard InChI is InChI=1S/C14H23NOS/c1-10-6-7-12(17-10)11(2)15-13-5-4-8-14(13,3)9-16/h6-7,11,13,15-16H,4-5,8-9H2,1-3H3. The minimum absolute atomic E-state index is 0.0700. The Bertz CT molecular complexity index is 376. The van der Waals surface area contributed by atoms with Crippen LogP contribution in [0.5, 0.6) is 0 Å². The van der Waals surface area contributed by atoms with E-state index in [1.165, 1.54) is 22.6 Å². The van der Waals surface area contributed by atoms with E-state index >= 15 is 0 Å². The van der Waals surface area contributed by atoms with Crippen molar-refractivity contribution >= 4 is 11.3 Å². The molecule has 1 aliphatic carbocycles. The molecule has 0 spiro atoms. The minimum atomic E-state index is 0.0700. The van der Waals surface area contributed by atoms with E-state index in [-0.39, 0.29) is 5.41 Å². The van der Waals surface area contributed by atoms with E-state index in [2.05, 4.69) is 38.2 Å². The molecule has 2 rings (SSSR count). The van der Waals surface area contributed by atoms with Crippen molar-refractivity contribution in [3.63, 3.8) is 0 Å². The first-order valence-corrected chi connectivity index (χ1v) is 7.30. The van der Waals surface area contributed by atoms with Gasteiger partial charge in [0.15, 0.2) is 0 Å². The molecule has 17 heavy (non-hydrogen) atoms. The second kappa shape index (κ2) is 5.09. The molecule has 0 bridgehead atoms. The molecule has 1 aromatic rings. The van der Waals surface area contributed by atoms with Crippen LogP contribution in [0.15, 0.2) is 12.1 Å². The number of aryl methyl sites for hydroxylation is 1. The normalized spacial score (nSPS) is 30.7. The lowest BCUT2D eigenvalue weighted by atomic mass is 9.85. The van der Waals surface area contributed by atoms with Crippen LogP contribution in [0, 0.1) is 12.3 Å². The van der Waals surface area contributed by atoms with Gasteiger partial charge >= 0.3 is 0 Å². The van der Waals surface area contributed by atoms with E-state index < -0.39 is 0 Å². The van der Waals surface area contributed by atoms with Crippen molar-refractivity contribution in [3.8, 4) is 0 Å². The van der Waals surface area contributed by atoms with Gasteiger partial charge in [0.2, 0.25) is 0 Å². The van der Waals surface area contributed by atoms with Crippen LogP contribution in [0.25, 0.3) is 0 Å². The average Bonchev–Trinajstić information content (AvgIpc) is 2.87. The van der Waals surface area contributed by atoms with Crippen molar-refractivity contribution in [2.75, 3.05) is 6.61 Å². The fourth-order valence-electron chi connectivity index (χ4n) is 2.78. The topological polar surface area (TPSA) is 32.3 Å². The van der Waals surface area contributed by atoms with Gasteiger partial charge in [-0.2, -0.15) is 0 Å². The third kappa shape index (κ3) is 2.72. The highest BCUT2D eigenvalue weighted by Gasteiger charge is 2.38. The molecule has 0 aromatic carbocycles. The zero-order valence-corrected chi connectivity index (χ0v) is 11.8. The smallest absolute Gasteiger partial charge is 0.0499 e. The van der Waals surface area contributed by atoms with Gasteiger partial charge in [-0.1, -0.05) is 13.3 Å². The van der Waals surface area contributed by atoms with Crippen LogP contribution in [0.2, 0.25) is 0 Å². The van der Waals surface area contributed by atoms with Crippen LogP contribution >= 0.6 is 11.3 Å². The van der Waals surface area contributed by atoms with E-state index in [4.69, 9.17) is 0 Å². The van der Waals surface area contributed by atoms with Crippen molar-refractivity contribution in [1.82, 2.24) is 5.32 Å². The summed E-state index contributed by atoms with van der Waals surface area (Å²) in [5.41, 5.74) is 0.0700. The lowest BCUT2D eigenvalue weighted by Crippen LogP contribution is -2.42. The Morgan fingerprint density at radius 1 is 1.59 bits per heavy atom. The number of aliphatic hydroxyl groups excluding tert-OH is 1. The summed E-state index contributed by atoms with van der Waals surface area (Å²) in [5.74, 6) is 0. The highest BCUT2D eigenvalue weighted by Crippen LogP contribution is 2.38. The first-order chi connectivity index (χ1) is 8.05. The van der Waals surface area contributed by atoms with Crippen LogP contribution < -0.4 is 5.32 Å². The van der Waals surface area contributed by atoms with Crippen molar-refractivity contribution in [2.24, 2.45) is 5.41 Å². The highest BCUT2D eigenvalue weighted by molar-refractivity contribution is 7.12. The second-order valence-electron chi connectivity index (χ2n) is 5.59. The summed E-state index contributed by atoms with van der Waals surface area (Å²) >= 11 is 1.86. The molecular formula is C14H23NOS. The molecule has 0 amide bonds. The number of aliphatic hydroxyl groups is 1. The number of hydrogen-bond donors (Lipinski definition) is 2. The van der Waals surface area contributed by atoms with E-state index in [9.17, 15) is 5.11 Å². The molecule has 96 valence electrons. The molecule has 0 radical (unpaired) electrons. The maximum absolute atomic E-state index is 9.55. The molecule has 1 fully saturated rings. The fourth-order valence-corrected chi connectivity index (χ4v) is 3.67. The number of thiophene rings is 1. The monoisotopic (exact) mass is 253 g/mol. The van der Waals surface area contributed by atoms with E-state index in [0.717, 1.165) is 6.42 Å². The van der Waals surface area contributed by atoms with Crippen LogP contribution in [0.3, 0.4) is 0 Å². The maximum Gasteiger partial charge on any atom is 0.0499 e. The van der Waals surface area contributed by atoms with Gasteiger partial charge < -0.3 is 10.4 Å². The SMILES string of the molecule is Cc1ccc(C(C)NC2CCCC2(C)CO)s1. The first kappa shape index (κ1) is 13.1. The Morgan fingerprint density at radius 3 is 2.94 bits per heavy atom. The van der Waals surface area contributed by atoms with Crippen molar-refractivity contribution in [2.45, 2.75) is 52.1 Å². The number of rotatable bonds is 4.